The van der Waals surface area contributed by atoms with Crippen molar-refractivity contribution in [3.63, 3.8) is 0 Å². The minimum absolute atomic E-state index is 0.0115. The second-order valence-electron chi connectivity index (χ2n) is 7.91. The number of aliphatic hydroxyl groups is 3. The van der Waals surface area contributed by atoms with E-state index in [2.05, 4.69) is 0 Å². The van der Waals surface area contributed by atoms with E-state index >= 15 is 0 Å². The van der Waals surface area contributed by atoms with Crippen LogP contribution in [-0.2, 0) is 14.3 Å². The van der Waals surface area contributed by atoms with E-state index in [4.69, 9.17) is 18.9 Å². The van der Waals surface area contributed by atoms with Crippen molar-refractivity contribution in [2.24, 2.45) is 0 Å². The molecule has 2 heterocycles. The number of phenols is 3. The second kappa shape index (κ2) is 9.43. The van der Waals surface area contributed by atoms with Crippen LogP contribution in [0.5, 0.6) is 28.7 Å². The lowest BCUT2D eigenvalue weighted by atomic mass is 9.99. The largest absolute Gasteiger partial charge is 0.504 e. The van der Waals surface area contributed by atoms with E-state index in [0.29, 0.717) is 5.56 Å². The monoisotopic (exact) mass is 490 g/mol. The lowest BCUT2D eigenvalue weighted by molar-refractivity contribution is -0.278. The van der Waals surface area contributed by atoms with Gasteiger partial charge >= 0.3 is 5.97 Å². The highest BCUT2D eigenvalue weighted by atomic mass is 16.7. The number of aliphatic hydroxyl groups excluding tert-OH is 3. The van der Waals surface area contributed by atoms with E-state index in [1.54, 1.807) is 0 Å². The van der Waals surface area contributed by atoms with Crippen molar-refractivity contribution in [2.45, 2.75) is 37.6 Å². The molecule has 0 bridgehead atoms. The maximum atomic E-state index is 12.7. The molecule has 2 aliphatic rings. The zero-order valence-electron chi connectivity index (χ0n) is 18.2. The van der Waals surface area contributed by atoms with Gasteiger partial charge in [0.25, 0.3) is 0 Å². The maximum Gasteiger partial charge on any atom is 0.302 e. The number of benzene rings is 2. The first kappa shape index (κ1) is 24.3. The van der Waals surface area contributed by atoms with Gasteiger partial charge in [-0.3, -0.25) is 9.59 Å². The van der Waals surface area contributed by atoms with Gasteiger partial charge < -0.3 is 49.6 Å². The van der Waals surface area contributed by atoms with Gasteiger partial charge in [-0.25, -0.2) is 0 Å². The summed E-state index contributed by atoms with van der Waals surface area (Å²) in [4.78, 5) is 23.7. The number of esters is 1. The first-order valence-corrected chi connectivity index (χ1v) is 10.4. The fourth-order valence-corrected chi connectivity index (χ4v) is 3.57. The number of hydrogen-bond acceptors (Lipinski definition) is 12. The Bertz CT molecular complexity index is 1190. The predicted octanol–water partition coefficient (Wildman–Crippen LogP) is 0.169. The topological polar surface area (TPSA) is 192 Å². The summed E-state index contributed by atoms with van der Waals surface area (Å²) in [7, 11) is 0. The van der Waals surface area contributed by atoms with Crippen LogP contribution in [0.4, 0.5) is 0 Å². The number of Topliss-reactive ketones (excluding diaryl/α,β-unsaturated/α-hetero) is 1. The fraction of sp³-hybridized carbons (Fsp3) is 0.304. The second-order valence-corrected chi connectivity index (χ2v) is 7.91. The lowest BCUT2D eigenvalue weighted by Gasteiger charge is -2.39. The van der Waals surface area contributed by atoms with Crippen molar-refractivity contribution in [3.8, 4) is 28.7 Å². The van der Waals surface area contributed by atoms with Gasteiger partial charge in [0.2, 0.25) is 17.8 Å². The van der Waals surface area contributed by atoms with E-state index in [0.717, 1.165) is 6.92 Å². The predicted molar refractivity (Wildman–Crippen MR) is 115 cm³/mol. The van der Waals surface area contributed by atoms with Crippen LogP contribution in [0.25, 0.3) is 6.08 Å². The van der Waals surface area contributed by atoms with Gasteiger partial charge in [0.1, 0.15) is 31.0 Å². The quantitative estimate of drug-likeness (QED) is 0.189. The average molecular weight is 490 g/mol. The van der Waals surface area contributed by atoms with Crippen LogP contribution >= 0.6 is 0 Å². The molecule has 2 aromatic carbocycles. The number of allylic oxidation sites excluding steroid dienone is 1. The summed E-state index contributed by atoms with van der Waals surface area (Å²) in [6.45, 7) is 0.723. The van der Waals surface area contributed by atoms with Crippen LogP contribution in [0, 0.1) is 0 Å². The first-order valence-electron chi connectivity index (χ1n) is 10.4. The van der Waals surface area contributed by atoms with Crippen molar-refractivity contribution in [1.29, 1.82) is 0 Å². The molecular formula is C23H22O12. The maximum absolute atomic E-state index is 12.7. The normalized spacial score (nSPS) is 26.8. The molecule has 0 aliphatic carbocycles. The van der Waals surface area contributed by atoms with E-state index in [1.807, 2.05) is 0 Å². The third-order valence-electron chi connectivity index (χ3n) is 5.43. The number of carbonyl (C=O) groups is 2. The van der Waals surface area contributed by atoms with Crippen LogP contribution in [-0.4, -0.2) is 79.7 Å². The Morgan fingerprint density at radius 1 is 1.03 bits per heavy atom. The molecule has 2 unspecified atom stereocenters. The molecule has 186 valence electrons. The van der Waals surface area contributed by atoms with Gasteiger partial charge in [-0.05, 0) is 35.9 Å². The molecule has 4 rings (SSSR count). The highest BCUT2D eigenvalue weighted by Gasteiger charge is 2.46. The average Bonchev–Trinajstić information content (AvgIpc) is 3.13. The molecule has 2 aliphatic heterocycles. The number of fused-ring (bicyclic) bond motifs is 1. The third-order valence-corrected chi connectivity index (χ3v) is 5.43. The Morgan fingerprint density at radius 2 is 1.77 bits per heavy atom. The number of ether oxygens (including phenoxy) is 4. The molecule has 5 atom stereocenters. The Hall–Kier alpha value is -3.84. The molecule has 12 heteroatoms. The summed E-state index contributed by atoms with van der Waals surface area (Å²) in [5, 5.41) is 60.2. The summed E-state index contributed by atoms with van der Waals surface area (Å²) >= 11 is 0. The van der Waals surface area contributed by atoms with Gasteiger partial charge in [-0.2, -0.15) is 0 Å². The summed E-state index contributed by atoms with van der Waals surface area (Å²) < 4.78 is 21.2. The first-order chi connectivity index (χ1) is 16.6. The Kier molecular flexibility index (Phi) is 6.54. The number of phenolic OH excluding ortho intramolecular Hbond substituents is 3. The van der Waals surface area contributed by atoms with E-state index in [1.165, 1.54) is 36.4 Å². The van der Waals surface area contributed by atoms with Gasteiger partial charge in [-0.1, -0.05) is 6.07 Å². The number of hydrogen-bond donors (Lipinski definition) is 6. The minimum atomic E-state index is -1.73. The molecular weight excluding hydrogens is 468 g/mol. The zero-order chi connectivity index (χ0) is 25.4. The number of rotatable bonds is 5. The van der Waals surface area contributed by atoms with Crippen LogP contribution in [0.15, 0.2) is 36.1 Å². The third kappa shape index (κ3) is 4.72. The molecule has 35 heavy (non-hydrogen) atoms. The SMILES string of the molecule is CC(=O)OCC1O[C@@H](Oc2ccc3c(c2O)O/C(=C/c2ccc(O)c(O)c2)C3=O)C(O)[C@@H](O)[C@@H]1O. The summed E-state index contributed by atoms with van der Waals surface area (Å²) in [5.74, 6) is -3.22. The van der Waals surface area contributed by atoms with Crippen molar-refractivity contribution >= 4 is 17.8 Å². The lowest BCUT2D eigenvalue weighted by Crippen LogP contribution is -2.60. The Labute approximate surface area is 197 Å². The molecule has 0 radical (unpaired) electrons. The molecule has 12 nitrogen and oxygen atoms in total. The number of aromatic hydroxyl groups is 3. The molecule has 0 spiro atoms. The fourth-order valence-electron chi connectivity index (χ4n) is 3.57. The van der Waals surface area contributed by atoms with Gasteiger partial charge in [-0.15, -0.1) is 0 Å². The smallest absolute Gasteiger partial charge is 0.302 e. The Morgan fingerprint density at radius 3 is 2.46 bits per heavy atom. The van der Waals surface area contributed by atoms with Crippen molar-refractivity contribution < 1.29 is 59.2 Å². The molecule has 6 N–H and O–H groups in total. The zero-order valence-corrected chi connectivity index (χ0v) is 18.2. The van der Waals surface area contributed by atoms with Crippen LogP contribution < -0.4 is 9.47 Å². The molecule has 1 fully saturated rings. The van der Waals surface area contributed by atoms with Crippen molar-refractivity contribution in [1.82, 2.24) is 0 Å². The molecule has 0 aromatic heterocycles. The minimum Gasteiger partial charge on any atom is -0.504 e. The van der Waals surface area contributed by atoms with Crippen LogP contribution in [0.2, 0.25) is 0 Å². The highest BCUT2D eigenvalue weighted by Crippen LogP contribution is 2.45. The summed E-state index contributed by atoms with van der Waals surface area (Å²) in [6.07, 6.45) is -6.53. The molecule has 0 amide bonds. The molecule has 0 saturated carbocycles. The van der Waals surface area contributed by atoms with E-state index in [9.17, 15) is 40.2 Å². The van der Waals surface area contributed by atoms with Crippen LogP contribution in [0.3, 0.4) is 0 Å². The van der Waals surface area contributed by atoms with Gasteiger partial charge in [0, 0.05) is 6.92 Å². The number of ketones is 1. The standard InChI is InChI=1S/C23H22O12/c1-9(24)32-8-16-18(28)20(30)21(31)23(35-16)34-14-5-3-11-17(27)15(33-22(11)19(14)29)7-10-2-4-12(25)13(26)6-10/h2-7,16,18,20-21,23,25-26,28-31H,8H2,1H3/b15-7+/t16?,18-,20+,21?,23-/m1/s1. The summed E-state index contributed by atoms with van der Waals surface area (Å²) in [6, 6.07) is 6.40. The Balaban J connectivity index is 1.55. The van der Waals surface area contributed by atoms with E-state index < -0.39 is 60.6 Å². The van der Waals surface area contributed by atoms with Gasteiger partial charge in [0.15, 0.2) is 28.8 Å². The van der Waals surface area contributed by atoms with Crippen LogP contribution in [0.1, 0.15) is 22.8 Å². The number of carbonyl (C=O) groups excluding carboxylic acids is 2. The van der Waals surface area contributed by atoms with Crippen molar-refractivity contribution in [2.75, 3.05) is 6.61 Å². The van der Waals surface area contributed by atoms with Gasteiger partial charge in [0.05, 0.1) is 5.56 Å². The van der Waals surface area contributed by atoms with E-state index in [-0.39, 0.29) is 28.6 Å². The summed E-state index contributed by atoms with van der Waals surface area (Å²) in [5.41, 5.74) is 0.356. The molecule has 1 saturated heterocycles. The molecule has 2 aromatic rings. The highest BCUT2D eigenvalue weighted by molar-refractivity contribution is 6.15. The van der Waals surface area contributed by atoms with Crippen molar-refractivity contribution in [3.05, 3.63) is 47.2 Å².